The minimum Gasteiger partial charge on any atom is -0.394 e. The topological polar surface area (TPSA) is 63.2 Å². The van der Waals surface area contributed by atoms with E-state index >= 15 is 0 Å². The predicted molar refractivity (Wildman–Crippen MR) is 96.8 cm³/mol. The van der Waals surface area contributed by atoms with E-state index in [9.17, 15) is 4.79 Å². The number of oxime groups is 1. The van der Waals surface area contributed by atoms with Crippen LogP contribution in [0.4, 0.5) is 4.79 Å². The van der Waals surface area contributed by atoms with E-state index in [2.05, 4.69) is 52.0 Å². The molecule has 140 valence electrons. The van der Waals surface area contributed by atoms with Gasteiger partial charge in [-0.3, -0.25) is 10.2 Å². The number of hydrogen-bond donors (Lipinski definition) is 1. The molecule has 0 aromatic heterocycles. The molecule has 0 spiro atoms. The molecule has 3 aliphatic heterocycles. The fourth-order valence-electron chi connectivity index (χ4n) is 3.88. The van der Waals surface area contributed by atoms with Gasteiger partial charge in [0.1, 0.15) is 12.8 Å². The Hall–Kier alpha value is -1.56. The van der Waals surface area contributed by atoms with E-state index in [-0.39, 0.29) is 29.2 Å². The summed E-state index contributed by atoms with van der Waals surface area (Å²) in [6.45, 7) is 14.0. The molecule has 6 heteroatoms. The quantitative estimate of drug-likeness (QED) is 0.824. The summed E-state index contributed by atoms with van der Waals surface area (Å²) >= 11 is 0. The summed E-state index contributed by atoms with van der Waals surface area (Å²) < 4.78 is 6.42. The van der Waals surface area contributed by atoms with Gasteiger partial charge >= 0.3 is 6.03 Å². The first kappa shape index (κ1) is 18.2. The normalized spacial score (nSPS) is 30.2. The molecule has 1 fully saturated rings. The highest BCUT2D eigenvalue weighted by Crippen LogP contribution is 2.44. The van der Waals surface area contributed by atoms with Crippen LogP contribution in [0.15, 0.2) is 16.9 Å². The molecule has 0 unspecified atom stereocenters. The highest BCUT2D eigenvalue weighted by molar-refractivity contribution is 6.09. The first-order chi connectivity index (χ1) is 11.5. The van der Waals surface area contributed by atoms with Crippen molar-refractivity contribution in [2.45, 2.75) is 73.1 Å². The molecule has 0 aliphatic carbocycles. The number of amides is 2. The Morgan fingerprint density at radius 2 is 2.00 bits per heavy atom. The molecule has 3 atom stereocenters. The van der Waals surface area contributed by atoms with Gasteiger partial charge in [-0.2, -0.15) is 0 Å². The molecule has 0 aromatic rings. The van der Waals surface area contributed by atoms with Gasteiger partial charge in [-0.1, -0.05) is 46.7 Å². The fraction of sp³-hybridized carbons (Fsp3) is 0.789. The lowest BCUT2D eigenvalue weighted by Crippen LogP contribution is -2.50. The van der Waals surface area contributed by atoms with Crippen LogP contribution in [0.2, 0.25) is 0 Å². The monoisotopic (exact) mass is 349 g/mol. The maximum atomic E-state index is 12.5. The summed E-state index contributed by atoms with van der Waals surface area (Å²) in [5, 5.41) is 6.76. The zero-order valence-electron chi connectivity index (χ0n) is 16.3. The van der Waals surface area contributed by atoms with Gasteiger partial charge in [-0.15, -0.1) is 0 Å². The van der Waals surface area contributed by atoms with Gasteiger partial charge < -0.3 is 9.57 Å². The summed E-state index contributed by atoms with van der Waals surface area (Å²) in [5.74, 6) is 0.941. The first-order valence-corrected chi connectivity index (χ1v) is 9.20. The van der Waals surface area contributed by atoms with Gasteiger partial charge in [0.2, 0.25) is 0 Å². The zero-order valence-corrected chi connectivity index (χ0v) is 16.3. The molecule has 0 radical (unpaired) electrons. The molecule has 3 aliphatic rings. The minimum atomic E-state index is -0.228. The summed E-state index contributed by atoms with van der Waals surface area (Å²) in [4.78, 5) is 19.3. The first-order valence-electron chi connectivity index (χ1n) is 9.20. The van der Waals surface area contributed by atoms with E-state index in [1.165, 1.54) is 0 Å². The van der Waals surface area contributed by atoms with Crippen LogP contribution >= 0.6 is 0 Å². The molecular formula is C19H31N3O3. The number of amidine groups is 1. The highest BCUT2D eigenvalue weighted by atomic mass is 16.6. The standard InChI is InChI=1S/C19H31N3O3/c1-18(2,3)10-14-13(19(4,5)6)9-15(25-14)22-11-12-7-8-24-21-16(12)20-17(22)23/h11,13-15H,7-10H2,1-6H3,(H,20,21,23)/t13-,14-,15-/m1/s1. The van der Waals surface area contributed by atoms with Crippen molar-refractivity contribution in [1.29, 1.82) is 0 Å². The molecule has 3 heterocycles. The molecule has 0 bridgehead atoms. The smallest absolute Gasteiger partial charge is 0.329 e. The summed E-state index contributed by atoms with van der Waals surface area (Å²) in [7, 11) is 0. The van der Waals surface area contributed by atoms with Crippen LogP contribution in [-0.4, -0.2) is 35.7 Å². The van der Waals surface area contributed by atoms with Crippen LogP contribution < -0.4 is 5.32 Å². The lowest BCUT2D eigenvalue weighted by molar-refractivity contribution is -0.0436. The number of hydrogen-bond acceptors (Lipinski definition) is 4. The third-order valence-corrected chi connectivity index (χ3v) is 5.15. The minimum absolute atomic E-state index is 0.134. The summed E-state index contributed by atoms with van der Waals surface area (Å²) in [6.07, 6.45) is 4.40. The predicted octanol–water partition coefficient (Wildman–Crippen LogP) is 3.84. The Balaban J connectivity index is 1.82. The highest BCUT2D eigenvalue weighted by Gasteiger charge is 2.46. The third kappa shape index (κ3) is 4.00. The fourth-order valence-corrected chi connectivity index (χ4v) is 3.88. The number of ether oxygens (including phenoxy) is 1. The van der Waals surface area contributed by atoms with Gasteiger partial charge in [0.25, 0.3) is 0 Å². The number of rotatable bonds is 2. The molecule has 6 nitrogen and oxygen atoms in total. The van der Waals surface area contributed by atoms with E-state index in [1.807, 2.05) is 6.20 Å². The van der Waals surface area contributed by atoms with Crippen molar-refractivity contribution in [2.75, 3.05) is 6.61 Å². The Kier molecular flexibility index (Phi) is 4.60. The molecule has 0 aromatic carbocycles. The van der Waals surface area contributed by atoms with Gasteiger partial charge in [-0.05, 0) is 29.6 Å². The second-order valence-electron chi connectivity index (χ2n) is 9.62. The molecule has 1 saturated heterocycles. The maximum Gasteiger partial charge on any atom is 0.329 e. The van der Waals surface area contributed by atoms with Gasteiger partial charge in [0, 0.05) is 18.2 Å². The number of carbonyl (C=O) groups excluding carboxylic acids is 1. The number of carbonyl (C=O) groups is 1. The van der Waals surface area contributed by atoms with Gasteiger partial charge in [0.15, 0.2) is 5.84 Å². The Morgan fingerprint density at radius 1 is 1.28 bits per heavy atom. The average Bonchev–Trinajstić information content (AvgIpc) is 2.88. The molecule has 2 amide bonds. The van der Waals surface area contributed by atoms with E-state index < -0.39 is 0 Å². The van der Waals surface area contributed by atoms with Crippen LogP contribution in [0, 0.1) is 16.7 Å². The number of urea groups is 1. The van der Waals surface area contributed by atoms with Crippen LogP contribution in [0.3, 0.4) is 0 Å². The van der Waals surface area contributed by atoms with Crippen molar-refractivity contribution < 1.29 is 14.4 Å². The summed E-state index contributed by atoms with van der Waals surface area (Å²) in [6, 6.07) is -0.193. The van der Waals surface area contributed by atoms with Crippen LogP contribution in [0.1, 0.15) is 60.8 Å². The van der Waals surface area contributed by atoms with E-state index in [0.29, 0.717) is 18.4 Å². The van der Waals surface area contributed by atoms with Crippen molar-refractivity contribution in [3.8, 4) is 0 Å². The van der Waals surface area contributed by atoms with Crippen LogP contribution in [0.25, 0.3) is 0 Å². The summed E-state index contributed by atoms with van der Waals surface area (Å²) in [5.41, 5.74) is 1.32. The molecular weight excluding hydrogens is 318 g/mol. The molecule has 1 N–H and O–H groups in total. The molecule has 3 rings (SSSR count). The second-order valence-corrected chi connectivity index (χ2v) is 9.62. The van der Waals surface area contributed by atoms with Crippen molar-refractivity contribution in [3.63, 3.8) is 0 Å². The van der Waals surface area contributed by atoms with E-state index in [0.717, 1.165) is 24.8 Å². The van der Waals surface area contributed by atoms with Crippen LogP contribution in [-0.2, 0) is 9.57 Å². The number of fused-ring (bicyclic) bond motifs is 1. The molecule has 25 heavy (non-hydrogen) atoms. The van der Waals surface area contributed by atoms with Crippen molar-refractivity contribution >= 4 is 11.9 Å². The van der Waals surface area contributed by atoms with Crippen molar-refractivity contribution in [3.05, 3.63) is 11.8 Å². The third-order valence-electron chi connectivity index (χ3n) is 5.15. The Bertz CT molecular complexity index is 598. The zero-order chi connectivity index (χ0) is 18.4. The lowest BCUT2D eigenvalue weighted by Gasteiger charge is -2.34. The lowest BCUT2D eigenvalue weighted by atomic mass is 9.73. The van der Waals surface area contributed by atoms with Crippen LogP contribution in [0.5, 0.6) is 0 Å². The number of nitrogens with one attached hydrogen (secondary N) is 1. The molecule has 0 saturated carbocycles. The van der Waals surface area contributed by atoms with Crippen molar-refractivity contribution in [2.24, 2.45) is 21.9 Å². The van der Waals surface area contributed by atoms with E-state index in [1.54, 1.807) is 4.90 Å². The van der Waals surface area contributed by atoms with E-state index in [4.69, 9.17) is 9.57 Å². The number of nitrogens with zero attached hydrogens (tertiary/aromatic N) is 2. The maximum absolute atomic E-state index is 12.5. The van der Waals surface area contributed by atoms with Gasteiger partial charge in [0.05, 0.1) is 6.10 Å². The Morgan fingerprint density at radius 3 is 2.64 bits per heavy atom. The largest absolute Gasteiger partial charge is 0.394 e. The Labute approximate surface area is 150 Å². The SMILES string of the molecule is CC(C)(C)C[C@H]1O[C@@H](N2C=C3CCON=C3NC2=O)C[C@H]1C(C)(C)C. The second kappa shape index (κ2) is 6.31. The van der Waals surface area contributed by atoms with Gasteiger partial charge in [-0.25, -0.2) is 4.79 Å². The van der Waals surface area contributed by atoms with Crippen molar-refractivity contribution in [1.82, 2.24) is 10.2 Å². The average molecular weight is 349 g/mol.